The lowest BCUT2D eigenvalue weighted by molar-refractivity contribution is -0.113. The van der Waals surface area contributed by atoms with Crippen LogP contribution in [0.2, 0.25) is 0 Å². The fourth-order valence-corrected chi connectivity index (χ4v) is 2.95. The van der Waals surface area contributed by atoms with Gasteiger partial charge in [-0.2, -0.15) is 0 Å². The molecule has 32 heavy (non-hydrogen) atoms. The molecule has 7 nitrogen and oxygen atoms in total. The second-order valence-electron chi connectivity index (χ2n) is 7.17. The molecule has 0 unspecified atom stereocenters. The quantitative estimate of drug-likeness (QED) is 0.496. The fourth-order valence-electron chi connectivity index (χ4n) is 2.95. The van der Waals surface area contributed by atoms with Gasteiger partial charge in [-0.15, -0.1) is 0 Å². The summed E-state index contributed by atoms with van der Waals surface area (Å²) in [6.45, 7) is 0. The molecule has 3 aromatic rings. The van der Waals surface area contributed by atoms with Gasteiger partial charge in [0, 0.05) is 25.3 Å². The summed E-state index contributed by atoms with van der Waals surface area (Å²) in [7, 11) is 3.84. The molecule has 0 fully saturated rings. The number of para-hydroxylation sites is 1. The number of nitrogens with one attached hydrogen (secondary N) is 2. The Balaban J connectivity index is 1.93. The van der Waals surface area contributed by atoms with Crippen LogP contribution >= 0.6 is 0 Å². The van der Waals surface area contributed by atoms with Crippen molar-refractivity contribution in [2.45, 2.75) is 0 Å². The summed E-state index contributed by atoms with van der Waals surface area (Å²) in [6, 6.07) is 22.0. The van der Waals surface area contributed by atoms with Gasteiger partial charge < -0.3 is 20.6 Å². The van der Waals surface area contributed by atoms with Crippen LogP contribution in [0.5, 0.6) is 0 Å². The molecule has 0 saturated heterocycles. The van der Waals surface area contributed by atoms with E-state index < -0.39 is 17.8 Å². The van der Waals surface area contributed by atoms with E-state index in [-0.39, 0.29) is 16.9 Å². The molecule has 3 N–H and O–H groups in total. The minimum atomic E-state index is -1.17. The van der Waals surface area contributed by atoms with Crippen molar-refractivity contribution in [2.24, 2.45) is 0 Å². The van der Waals surface area contributed by atoms with Crippen LogP contribution in [0.15, 0.2) is 84.6 Å². The van der Waals surface area contributed by atoms with Crippen LogP contribution in [0.4, 0.5) is 11.4 Å². The Labute approximate surface area is 186 Å². The van der Waals surface area contributed by atoms with Crippen molar-refractivity contribution in [1.29, 1.82) is 0 Å². The molecule has 3 rings (SSSR count). The largest absolute Gasteiger partial charge is 0.478 e. The van der Waals surface area contributed by atoms with Crippen LogP contribution in [0.3, 0.4) is 0 Å². The molecule has 0 radical (unpaired) electrons. The third kappa shape index (κ3) is 5.60. The smallest absolute Gasteiger partial charge is 0.337 e. The molecule has 0 saturated carbocycles. The number of nitrogens with zero attached hydrogens (tertiary/aromatic N) is 1. The Bertz CT molecular complexity index is 1150. The fraction of sp³-hybridized carbons (Fsp3) is 0.0800. The van der Waals surface area contributed by atoms with Crippen LogP contribution in [0.1, 0.15) is 26.3 Å². The Hall–Kier alpha value is -4.39. The van der Waals surface area contributed by atoms with Crippen LogP contribution in [-0.4, -0.2) is 37.0 Å². The third-order valence-corrected chi connectivity index (χ3v) is 4.65. The number of rotatable bonds is 7. The van der Waals surface area contributed by atoms with E-state index >= 15 is 0 Å². The topological polar surface area (TPSA) is 98.7 Å². The summed E-state index contributed by atoms with van der Waals surface area (Å²) < 4.78 is 0. The summed E-state index contributed by atoms with van der Waals surface area (Å²) >= 11 is 0. The first-order valence-electron chi connectivity index (χ1n) is 9.84. The maximum atomic E-state index is 13.0. The number of carbonyl (C=O) groups excluding carboxylic acids is 2. The van der Waals surface area contributed by atoms with Gasteiger partial charge in [0.15, 0.2) is 0 Å². The minimum absolute atomic E-state index is 0.0170. The van der Waals surface area contributed by atoms with Crippen LogP contribution in [0.25, 0.3) is 6.08 Å². The van der Waals surface area contributed by atoms with E-state index in [4.69, 9.17) is 0 Å². The summed E-state index contributed by atoms with van der Waals surface area (Å²) in [5.74, 6) is -2.26. The molecule has 0 aliphatic carbocycles. The number of benzene rings is 3. The first kappa shape index (κ1) is 22.3. The number of hydrogen-bond acceptors (Lipinski definition) is 4. The van der Waals surface area contributed by atoms with Gasteiger partial charge in [-0.1, -0.05) is 42.5 Å². The monoisotopic (exact) mass is 429 g/mol. The highest BCUT2D eigenvalue weighted by Gasteiger charge is 2.17. The van der Waals surface area contributed by atoms with Crippen molar-refractivity contribution in [3.8, 4) is 0 Å². The van der Waals surface area contributed by atoms with E-state index in [1.54, 1.807) is 48.5 Å². The summed E-state index contributed by atoms with van der Waals surface area (Å²) in [5.41, 5.74) is 2.13. The molecule has 0 spiro atoms. The average molecular weight is 429 g/mol. The molecule has 0 atom stereocenters. The first-order valence-corrected chi connectivity index (χ1v) is 9.84. The Morgan fingerprint density at radius 2 is 1.47 bits per heavy atom. The average Bonchev–Trinajstić information content (AvgIpc) is 2.79. The molecular formula is C25H23N3O4. The number of aromatic carboxylic acids is 1. The minimum Gasteiger partial charge on any atom is -0.478 e. The molecule has 7 heteroatoms. The molecule has 0 aliphatic rings. The van der Waals surface area contributed by atoms with Gasteiger partial charge in [0.05, 0.1) is 11.3 Å². The maximum absolute atomic E-state index is 13.0. The molecule has 0 aromatic heterocycles. The molecule has 162 valence electrons. The van der Waals surface area contributed by atoms with E-state index in [0.717, 1.165) is 5.69 Å². The molecule has 3 aromatic carbocycles. The van der Waals surface area contributed by atoms with Crippen molar-refractivity contribution in [3.63, 3.8) is 0 Å². The van der Waals surface area contributed by atoms with E-state index in [1.165, 1.54) is 12.1 Å². The van der Waals surface area contributed by atoms with Gasteiger partial charge in [-0.25, -0.2) is 4.79 Å². The molecule has 0 aliphatic heterocycles. The zero-order valence-electron chi connectivity index (χ0n) is 17.7. The highest BCUT2D eigenvalue weighted by Crippen LogP contribution is 2.18. The number of amides is 2. The Kier molecular flexibility index (Phi) is 7.02. The van der Waals surface area contributed by atoms with Gasteiger partial charge in [-0.3, -0.25) is 9.59 Å². The second kappa shape index (κ2) is 10.1. The van der Waals surface area contributed by atoms with Crippen LogP contribution < -0.4 is 15.5 Å². The zero-order valence-corrected chi connectivity index (χ0v) is 17.7. The lowest BCUT2D eigenvalue weighted by Gasteiger charge is -2.14. The zero-order chi connectivity index (χ0) is 23.1. The third-order valence-electron chi connectivity index (χ3n) is 4.65. The number of hydrogen-bond donors (Lipinski definition) is 3. The highest BCUT2D eigenvalue weighted by molar-refractivity contribution is 6.12. The van der Waals surface area contributed by atoms with E-state index in [1.807, 2.05) is 43.3 Å². The summed E-state index contributed by atoms with van der Waals surface area (Å²) in [5, 5.41) is 14.6. The predicted molar refractivity (Wildman–Crippen MR) is 125 cm³/mol. The molecule has 0 heterocycles. The summed E-state index contributed by atoms with van der Waals surface area (Å²) in [4.78, 5) is 39.1. The lowest BCUT2D eigenvalue weighted by atomic mass is 10.1. The summed E-state index contributed by atoms with van der Waals surface area (Å²) in [6.07, 6.45) is 1.54. The number of carbonyl (C=O) groups is 3. The second-order valence-corrected chi connectivity index (χ2v) is 7.17. The number of anilines is 2. The lowest BCUT2D eigenvalue weighted by Crippen LogP contribution is -2.31. The van der Waals surface area contributed by atoms with Gasteiger partial charge in [0.2, 0.25) is 0 Å². The van der Waals surface area contributed by atoms with Crippen molar-refractivity contribution in [2.75, 3.05) is 24.3 Å². The highest BCUT2D eigenvalue weighted by atomic mass is 16.4. The van der Waals surface area contributed by atoms with Crippen molar-refractivity contribution in [3.05, 3.63) is 101 Å². The number of carboxylic acid groups (broad SMARTS) is 1. The standard InChI is InChI=1S/C25H23N3O4/c1-28(2)19-14-12-17(13-15-19)16-22(27-23(29)18-8-4-3-5-9-18)24(30)26-21-11-7-6-10-20(21)25(31)32/h3-16H,1-2H3,(H,26,30)(H,27,29)(H,31,32)/b22-16+. The SMILES string of the molecule is CN(C)c1ccc(/C=C(/NC(=O)c2ccccc2)C(=O)Nc2ccccc2C(=O)O)cc1. The van der Waals surface area contributed by atoms with Crippen LogP contribution in [0, 0.1) is 0 Å². The van der Waals surface area contributed by atoms with Crippen molar-refractivity contribution >= 4 is 35.2 Å². The Morgan fingerprint density at radius 3 is 2.09 bits per heavy atom. The van der Waals surface area contributed by atoms with E-state index in [0.29, 0.717) is 11.1 Å². The van der Waals surface area contributed by atoms with Crippen molar-refractivity contribution < 1.29 is 19.5 Å². The maximum Gasteiger partial charge on any atom is 0.337 e. The van der Waals surface area contributed by atoms with Gasteiger partial charge >= 0.3 is 5.97 Å². The Morgan fingerprint density at radius 1 is 0.844 bits per heavy atom. The van der Waals surface area contributed by atoms with Crippen LogP contribution in [-0.2, 0) is 4.79 Å². The molecule has 0 bridgehead atoms. The van der Waals surface area contributed by atoms with Gasteiger partial charge in [0.1, 0.15) is 5.70 Å². The molecular weight excluding hydrogens is 406 g/mol. The predicted octanol–water partition coefficient (Wildman–Crippen LogP) is 3.86. The van der Waals surface area contributed by atoms with Crippen molar-refractivity contribution in [1.82, 2.24) is 5.32 Å². The van der Waals surface area contributed by atoms with E-state index in [9.17, 15) is 19.5 Å². The first-order chi connectivity index (χ1) is 15.3. The normalized spacial score (nSPS) is 10.9. The number of carboxylic acids is 1. The van der Waals surface area contributed by atoms with E-state index in [2.05, 4.69) is 10.6 Å². The molecule has 2 amide bonds. The van der Waals surface area contributed by atoms with Gasteiger partial charge in [-0.05, 0) is 48.0 Å². The van der Waals surface area contributed by atoms with Gasteiger partial charge in [0.25, 0.3) is 11.8 Å².